The van der Waals surface area contributed by atoms with Crippen molar-refractivity contribution in [3.05, 3.63) is 0 Å². The maximum atomic E-state index is 2.35. The van der Waals surface area contributed by atoms with Gasteiger partial charge in [-0.3, -0.25) is 0 Å². The first kappa shape index (κ1) is 16.4. The van der Waals surface area contributed by atoms with E-state index in [4.69, 9.17) is 0 Å². The molecule has 0 amide bonds. The van der Waals surface area contributed by atoms with Crippen molar-refractivity contribution >= 4 is 7.92 Å². The lowest BCUT2D eigenvalue weighted by atomic mass is 10.2. The molecule has 0 fully saturated rings. The Bertz CT molecular complexity index is 111. The highest BCUT2D eigenvalue weighted by molar-refractivity contribution is 7.57. The molecule has 0 rings (SSSR count). The fourth-order valence-corrected chi connectivity index (χ4v) is 4.82. The Morgan fingerprint density at radius 2 is 1.00 bits per heavy atom. The smallest absolute Gasteiger partial charge is 0.0326 e. The fraction of sp³-hybridized carbons (Fsp3) is 1.00. The van der Waals surface area contributed by atoms with Crippen LogP contribution < -0.4 is 0 Å². The average molecular weight is 244 g/mol. The van der Waals surface area contributed by atoms with Gasteiger partial charge in [0.15, 0.2) is 0 Å². The molecule has 0 saturated carbocycles. The van der Waals surface area contributed by atoms with E-state index in [1.807, 2.05) is 0 Å². The molecule has 0 atom stereocenters. The molecule has 0 nitrogen and oxygen atoms in total. The van der Waals surface area contributed by atoms with Crippen LogP contribution >= 0.6 is 7.92 Å². The molecule has 0 aromatic carbocycles. The zero-order chi connectivity index (χ0) is 12.1. The zero-order valence-electron chi connectivity index (χ0n) is 11.9. The van der Waals surface area contributed by atoms with Crippen molar-refractivity contribution in [3.63, 3.8) is 0 Å². The van der Waals surface area contributed by atoms with Crippen molar-refractivity contribution in [2.45, 2.75) is 78.6 Å². The zero-order valence-corrected chi connectivity index (χ0v) is 12.8. The van der Waals surface area contributed by atoms with E-state index in [0.29, 0.717) is 7.92 Å². The predicted octanol–water partition coefficient (Wildman–Crippen LogP) is 6.04. The molecule has 0 aromatic rings. The molecule has 98 valence electrons. The van der Waals surface area contributed by atoms with Crippen molar-refractivity contribution in [3.8, 4) is 0 Å². The van der Waals surface area contributed by atoms with Crippen molar-refractivity contribution < 1.29 is 0 Å². The minimum absolute atomic E-state index is 0.406. The van der Waals surface area contributed by atoms with Gasteiger partial charge in [0.05, 0.1) is 0 Å². The Kier molecular flexibility index (Phi) is 13.9. The molecule has 0 aromatic heterocycles. The Balaban J connectivity index is 3.45. The van der Waals surface area contributed by atoms with Crippen LogP contribution in [0.5, 0.6) is 0 Å². The summed E-state index contributed by atoms with van der Waals surface area (Å²) < 4.78 is 0. The van der Waals surface area contributed by atoms with Gasteiger partial charge in [-0.25, -0.2) is 0 Å². The second-order valence-electron chi connectivity index (χ2n) is 4.96. The SMILES string of the molecule is CCCCCCP(CCC)CCCCCC. The molecule has 0 aliphatic heterocycles. The van der Waals surface area contributed by atoms with Gasteiger partial charge in [0.1, 0.15) is 0 Å². The first-order chi connectivity index (χ1) is 7.85. The summed E-state index contributed by atoms with van der Waals surface area (Å²) in [5.41, 5.74) is 0. The van der Waals surface area contributed by atoms with Gasteiger partial charge in [-0.05, 0) is 31.3 Å². The molecule has 0 spiro atoms. The molecule has 0 aliphatic carbocycles. The number of rotatable bonds is 12. The van der Waals surface area contributed by atoms with E-state index < -0.39 is 0 Å². The molecule has 0 unspecified atom stereocenters. The number of hydrogen-bond acceptors (Lipinski definition) is 0. The van der Waals surface area contributed by atoms with E-state index >= 15 is 0 Å². The third-order valence-corrected chi connectivity index (χ3v) is 6.17. The van der Waals surface area contributed by atoms with Crippen molar-refractivity contribution in [1.82, 2.24) is 0 Å². The molecular weight excluding hydrogens is 211 g/mol. The van der Waals surface area contributed by atoms with Crippen molar-refractivity contribution in [2.24, 2.45) is 0 Å². The van der Waals surface area contributed by atoms with Gasteiger partial charge in [-0.15, -0.1) is 7.92 Å². The maximum absolute atomic E-state index is 2.35. The Morgan fingerprint density at radius 3 is 1.38 bits per heavy atom. The van der Waals surface area contributed by atoms with Crippen LogP contribution in [0, 0.1) is 0 Å². The number of hydrogen-bond donors (Lipinski definition) is 0. The van der Waals surface area contributed by atoms with Gasteiger partial charge < -0.3 is 0 Å². The van der Waals surface area contributed by atoms with Crippen molar-refractivity contribution in [2.75, 3.05) is 18.5 Å². The first-order valence-corrected chi connectivity index (χ1v) is 9.47. The highest BCUT2D eigenvalue weighted by Crippen LogP contribution is 2.38. The summed E-state index contributed by atoms with van der Waals surface area (Å²) in [6.45, 7) is 6.96. The summed E-state index contributed by atoms with van der Waals surface area (Å²) >= 11 is 0. The lowest BCUT2D eigenvalue weighted by molar-refractivity contribution is 0.695. The predicted molar refractivity (Wildman–Crippen MR) is 80.1 cm³/mol. The minimum atomic E-state index is 0.406. The second kappa shape index (κ2) is 13.5. The van der Waals surface area contributed by atoms with Crippen LogP contribution in [0.3, 0.4) is 0 Å². The van der Waals surface area contributed by atoms with Crippen LogP contribution in [-0.2, 0) is 0 Å². The van der Waals surface area contributed by atoms with Gasteiger partial charge in [0.2, 0.25) is 0 Å². The molecule has 0 N–H and O–H groups in total. The summed E-state index contributed by atoms with van der Waals surface area (Å²) in [6.07, 6.45) is 17.7. The Hall–Kier alpha value is 0.430. The molecule has 0 heterocycles. The highest BCUT2D eigenvalue weighted by Gasteiger charge is 2.05. The van der Waals surface area contributed by atoms with E-state index in [2.05, 4.69) is 20.8 Å². The minimum Gasteiger partial charge on any atom is -0.107 e. The molecule has 1 heteroatoms. The van der Waals surface area contributed by atoms with Gasteiger partial charge in [0.25, 0.3) is 0 Å². The van der Waals surface area contributed by atoms with Crippen LogP contribution in [-0.4, -0.2) is 18.5 Å². The molecule has 0 saturated heterocycles. The summed E-state index contributed by atoms with van der Waals surface area (Å²) in [5, 5.41) is 0. The van der Waals surface area contributed by atoms with Crippen LogP contribution in [0.2, 0.25) is 0 Å². The second-order valence-corrected chi connectivity index (χ2v) is 7.65. The molecule has 16 heavy (non-hydrogen) atoms. The topological polar surface area (TPSA) is 0 Å². The van der Waals surface area contributed by atoms with Crippen LogP contribution in [0.25, 0.3) is 0 Å². The number of unbranched alkanes of at least 4 members (excludes halogenated alkanes) is 6. The lowest BCUT2D eigenvalue weighted by Crippen LogP contribution is -1.95. The summed E-state index contributed by atoms with van der Waals surface area (Å²) in [5.74, 6) is 0. The highest BCUT2D eigenvalue weighted by atomic mass is 31.1. The quantitative estimate of drug-likeness (QED) is 0.290. The lowest BCUT2D eigenvalue weighted by Gasteiger charge is -2.16. The van der Waals surface area contributed by atoms with Gasteiger partial charge in [0, 0.05) is 0 Å². The van der Waals surface area contributed by atoms with E-state index in [-0.39, 0.29) is 0 Å². The molecule has 0 bridgehead atoms. The summed E-state index contributed by atoms with van der Waals surface area (Å²) in [6, 6.07) is 0. The molecular formula is C15H33P. The Morgan fingerprint density at radius 1 is 0.500 bits per heavy atom. The van der Waals surface area contributed by atoms with E-state index in [1.165, 1.54) is 63.9 Å². The molecule has 0 radical (unpaired) electrons. The van der Waals surface area contributed by atoms with Gasteiger partial charge >= 0.3 is 0 Å². The first-order valence-electron chi connectivity index (χ1n) is 7.57. The fourth-order valence-electron chi connectivity index (χ4n) is 2.18. The van der Waals surface area contributed by atoms with E-state index in [9.17, 15) is 0 Å². The van der Waals surface area contributed by atoms with E-state index in [0.717, 1.165) is 0 Å². The van der Waals surface area contributed by atoms with Crippen LogP contribution in [0.1, 0.15) is 78.6 Å². The average Bonchev–Trinajstić information content (AvgIpc) is 2.30. The third kappa shape index (κ3) is 10.9. The van der Waals surface area contributed by atoms with Gasteiger partial charge in [-0.1, -0.05) is 65.7 Å². The third-order valence-electron chi connectivity index (χ3n) is 3.20. The van der Waals surface area contributed by atoms with Crippen LogP contribution in [0.4, 0.5) is 0 Å². The monoisotopic (exact) mass is 244 g/mol. The normalized spacial score (nSPS) is 11.2. The largest absolute Gasteiger partial charge is 0.107 e. The maximum Gasteiger partial charge on any atom is -0.0326 e. The van der Waals surface area contributed by atoms with Crippen LogP contribution in [0.15, 0.2) is 0 Å². The van der Waals surface area contributed by atoms with Gasteiger partial charge in [-0.2, -0.15) is 0 Å². The summed E-state index contributed by atoms with van der Waals surface area (Å²) in [4.78, 5) is 0. The van der Waals surface area contributed by atoms with Crippen molar-refractivity contribution in [1.29, 1.82) is 0 Å². The molecule has 0 aliphatic rings. The standard InChI is InChI=1S/C15H33P/c1-4-7-9-11-14-16(13-6-3)15-12-10-8-5-2/h4-15H2,1-3H3. The van der Waals surface area contributed by atoms with E-state index in [1.54, 1.807) is 12.3 Å². The Labute approximate surface area is 105 Å². The summed E-state index contributed by atoms with van der Waals surface area (Å²) in [7, 11) is 0.406.